The van der Waals surface area contributed by atoms with Gasteiger partial charge in [0.2, 0.25) is 0 Å². The Morgan fingerprint density at radius 1 is 1.40 bits per heavy atom. The number of aliphatic hydroxyl groups is 1. The van der Waals surface area contributed by atoms with Crippen molar-refractivity contribution >= 4 is 17.4 Å². The number of carbonyl (C=O) groups excluding carboxylic acids is 1. The maximum absolute atomic E-state index is 11.7. The number of nitrogens with one attached hydrogen (secondary N) is 2. The van der Waals surface area contributed by atoms with E-state index in [1.54, 1.807) is 0 Å². The van der Waals surface area contributed by atoms with Gasteiger partial charge in [0.15, 0.2) is 0 Å². The van der Waals surface area contributed by atoms with Crippen LogP contribution >= 0.6 is 0 Å². The van der Waals surface area contributed by atoms with Crippen LogP contribution in [0.25, 0.3) is 0 Å². The molecular formula is C15H25N3O2. The van der Waals surface area contributed by atoms with E-state index in [9.17, 15) is 9.90 Å². The molecule has 1 unspecified atom stereocenters. The highest BCUT2D eigenvalue weighted by Crippen LogP contribution is 2.21. The fourth-order valence-electron chi connectivity index (χ4n) is 1.79. The highest BCUT2D eigenvalue weighted by Gasteiger charge is 2.06. The minimum absolute atomic E-state index is 0.242. The third-order valence-electron chi connectivity index (χ3n) is 3.21. The molecule has 0 heterocycles. The second kappa shape index (κ2) is 7.75. The van der Waals surface area contributed by atoms with Gasteiger partial charge in [0.05, 0.1) is 6.10 Å². The molecule has 0 spiro atoms. The number of aryl methyl sites for hydroxylation is 1. The van der Waals surface area contributed by atoms with Gasteiger partial charge in [-0.1, -0.05) is 6.92 Å². The average Bonchev–Trinajstić information content (AvgIpc) is 2.40. The molecule has 0 fully saturated rings. The SMILES string of the molecule is CCC(O)CCNC(=O)Nc1ccc(N(C)C)cc1C. The van der Waals surface area contributed by atoms with Crippen molar-refractivity contribution in [3.8, 4) is 0 Å². The van der Waals surface area contributed by atoms with E-state index in [0.29, 0.717) is 19.4 Å². The number of aliphatic hydroxyl groups excluding tert-OH is 1. The Morgan fingerprint density at radius 3 is 2.65 bits per heavy atom. The molecule has 0 saturated carbocycles. The first-order chi connectivity index (χ1) is 9.43. The van der Waals surface area contributed by atoms with Gasteiger partial charge < -0.3 is 20.6 Å². The molecular weight excluding hydrogens is 254 g/mol. The molecule has 20 heavy (non-hydrogen) atoms. The molecule has 1 rings (SSSR count). The monoisotopic (exact) mass is 279 g/mol. The summed E-state index contributed by atoms with van der Waals surface area (Å²) < 4.78 is 0. The zero-order valence-corrected chi connectivity index (χ0v) is 12.7. The molecule has 112 valence electrons. The summed E-state index contributed by atoms with van der Waals surface area (Å²) in [7, 11) is 3.96. The Labute approximate surface area is 121 Å². The fraction of sp³-hybridized carbons (Fsp3) is 0.533. The molecule has 2 amide bonds. The van der Waals surface area contributed by atoms with Gasteiger partial charge in [0.25, 0.3) is 0 Å². The largest absolute Gasteiger partial charge is 0.393 e. The lowest BCUT2D eigenvalue weighted by Crippen LogP contribution is -2.31. The minimum Gasteiger partial charge on any atom is -0.393 e. The van der Waals surface area contributed by atoms with Crippen LogP contribution in [0.2, 0.25) is 0 Å². The molecule has 0 bridgehead atoms. The van der Waals surface area contributed by atoms with E-state index in [2.05, 4.69) is 10.6 Å². The summed E-state index contributed by atoms with van der Waals surface area (Å²) in [5.74, 6) is 0. The maximum atomic E-state index is 11.7. The highest BCUT2D eigenvalue weighted by atomic mass is 16.3. The average molecular weight is 279 g/mol. The second-order valence-electron chi connectivity index (χ2n) is 5.13. The van der Waals surface area contributed by atoms with E-state index in [1.807, 2.05) is 51.0 Å². The first-order valence-electron chi connectivity index (χ1n) is 6.95. The lowest BCUT2D eigenvalue weighted by Gasteiger charge is -2.16. The van der Waals surface area contributed by atoms with Gasteiger partial charge in [0.1, 0.15) is 0 Å². The summed E-state index contributed by atoms with van der Waals surface area (Å²) >= 11 is 0. The first-order valence-corrected chi connectivity index (χ1v) is 6.95. The maximum Gasteiger partial charge on any atom is 0.319 e. The highest BCUT2D eigenvalue weighted by molar-refractivity contribution is 5.90. The van der Waals surface area contributed by atoms with Crippen LogP contribution in [0.4, 0.5) is 16.2 Å². The zero-order valence-electron chi connectivity index (χ0n) is 12.7. The zero-order chi connectivity index (χ0) is 15.1. The summed E-state index contributed by atoms with van der Waals surface area (Å²) in [6.45, 7) is 4.35. The Morgan fingerprint density at radius 2 is 2.10 bits per heavy atom. The van der Waals surface area contributed by atoms with E-state index in [1.165, 1.54) is 0 Å². The molecule has 5 nitrogen and oxygen atoms in total. The third-order valence-corrected chi connectivity index (χ3v) is 3.21. The number of amides is 2. The van der Waals surface area contributed by atoms with Gasteiger partial charge in [-0.2, -0.15) is 0 Å². The topological polar surface area (TPSA) is 64.6 Å². The molecule has 5 heteroatoms. The molecule has 0 radical (unpaired) electrons. The number of benzene rings is 1. The smallest absolute Gasteiger partial charge is 0.319 e. The molecule has 0 aliphatic carbocycles. The van der Waals surface area contributed by atoms with Crippen molar-refractivity contribution in [2.24, 2.45) is 0 Å². The Balaban J connectivity index is 2.50. The van der Waals surface area contributed by atoms with E-state index >= 15 is 0 Å². The van der Waals surface area contributed by atoms with E-state index in [4.69, 9.17) is 0 Å². The molecule has 1 aromatic rings. The molecule has 3 N–H and O–H groups in total. The minimum atomic E-state index is -0.351. The van der Waals surface area contributed by atoms with Crippen molar-refractivity contribution in [2.75, 3.05) is 30.9 Å². The third kappa shape index (κ3) is 5.09. The number of hydrogen-bond donors (Lipinski definition) is 3. The molecule has 0 aromatic heterocycles. The number of rotatable bonds is 6. The summed E-state index contributed by atoms with van der Waals surface area (Å²) in [4.78, 5) is 13.8. The first kappa shape index (κ1) is 16.3. The van der Waals surface area contributed by atoms with Crippen LogP contribution in [-0.2, 0) is 0 Å². The van der Waals surface area contributed by atoms with Gasteiger partial charge in [0, 0.05) is 32.0 Å². The van der Waals surface area contributed by atoms with Crippen molar-refractivity contribution in [3.63, 3.8) is 0 Å². The second-order valence-corrected chi connectivity index (χ2v) is 5.13. The quantitative estimate of drug-likeness (QED) is 0.749. The number of nitrogens with zero attached hydrogens (tertiary/aromatic N) is 1. The molecule has 0 saturated heterocycles. The van der Waals surface area contributed by atoms with Crippen LogP contribution in [0.3, 0.4) is 0 Å². The van der Waals surface area contributed by atoms with Crippen LogP contribution in [0.15, 0.2) is 18.2 Å². The Kier molecular flexibility index (Phi) is 6.31. The summed E-state index contributed by atoms with van der Waals surface area (Å²) in [5, 5.41) is 15.0. The number of carbonyl (C=O) groups is 1. The predicted molar refractivity (Wildman–Crippen MR) is 83.4 cm³/mol. The molecule has 1 aromatic carbocycles. The lowest BCUT2D eigenvalue weighted by atomic mass is 10.1. The Bertz CT molecular complexity index is 447. The summed E-state index contributed by atoms with van der Waals surface area (Å²) in [6.07, 6.45) is 0.924. The molecule has 1 atom stereocenters. The van der Waals surface area contributed by atoms with Crippen molar-refractivity contribution < 1.29 is 9.90 Å². The van der Waals surface area contributed by atoms with Gasteiger partial charge >= 0.3 is 6.03 Å². The van der Waals surface area contributed by atoms with Gasteiger partial charge in [-0.25, -0.2) is 4.79 Å². The number of hydrogen-bond acceptors (Lipinski definition) is 3. The van der Waals surface area contributed by atoms with Crippen LogP contribution in [-0.4, -0.2) is 37.9 Å². The summed E-state index contributed by atoms with van der Waals surface area (Å²) in [5.41, 5.74) is 2.91. The molecule has 0 aliphatic rings. The number of anilines is 2. The van der Waals surface area contributed by atoms with Crippen LogP contribution < -0.4 is 15.5 Å². The van der Waals surface area contributed by atoms with Gasteiger partial charge in [-0.15, -0.1) is 0 Å². The van der Waals surface area contributed by atoms with Gasteiger partial charge in [-0.3, -0.25) is 0 Å². The standard InChI is InChI=1S/C15H25N3O2/c1-5-13(19)8-9-16-15(20)17-14-7-6-12(18(3)4)10-11(14)2/h6-7,10,13,19H,5,8-9H2,1-4H3,(H2,16,17,20). The molecule has 0 aliphatic heterocycles. The van der Waals surface area contributed by atoms with Crippen LogP contribution in [0.5, 0.6) is 0 Å². The fourth-order valence-corrected chi connectivity index (χ4v) is 1.79. The number of urea groups is 1. The van der Waals surface area contributed by atoms with Gasteiger partial charge in [-0.05, 0) is 43.5 Å². The van der Waals surface area contributed by atoms with Crippen molar-refractivity contribution in [1.29, 1.82) is 0 Å². The van der Waals surface area contributed by atoms with E-state index in [-0.39, 0.29) is 12.1 Å². The van der Waals surface area contributed by atoms with Crippen molar-refractivity contribution in [2.45, 2.75) is 32.8 Å². The Hall–Kier alpha value is -1.75. The van der Waals surface area contributed by atoms with E-state index in [0.717, 1.165) is 16.9 Å². The summed E-state index contributed by atoms with van der Waals surface area (Å²) in [6, 6.07) is 5.64. The van der Waals surface area contributed by atoms with Crippen LogP contribution in [0, 0.1) is 6.92 Å². The van der Waals surface area contributed by atoms with Crippen molar-refractivity contribution in [1.82, 2.24) is 5.32 Å². The predicted octanol–water partition coefficient (Wildman–Crippen LogP) is 2.34. The van der Waals surface area contributed by atoms with Crippen molar-refractivity contribution in [3.05, 3.63) is 23.8 Å². The lowest BCUT2D eigenvalue weighted by molar-refractivity contribution is 0.160. The normalized spacial score (nSPS) is 11.8. The van der Waals surface area contributed by atoms with E-state index < -0.39 is 0 Å². The van der Waals surface area contributed by atoms with Crippen LogP contribution in [0.1, 0.15) is 25.3 Å².